The number of amides is 1. The van der Waals surface area contributed by atoms with Gasteiger partial charge in [0, 0.05) is 12.5 Å². The van der Waals surface area contributed by atoms with Crippen molar-refractivity contribution in [3.8, 4) is 0 Å². The van der Waals surface area contributed by atoms with E-state index in [1.165, 1.54) is 19.3 Å². The lowest BCUT2D eigenvalue weighted by Crippen LogP contribution is -2.20. The first-order valence-electron chi connectivity index (χ1n) is 6.97. The number of anilines is 1. The Hall–Kier alpha value is -0.970. The summed E-state index contributed by atoms with van der Waals surface area (Å²) in [4.78, 5) is 12.0. The molecule has 3 atom stereocenters. The van der Waals surface area contributed by atoms with E-state index in [4.69, 9.17) is 0 Å². The van der Waals surface area contributed by atoms with Crippen LogP contribution in [0, 0.1) is 29.4 Å². The lowest BCUT2D eigenvalue weighted by molar-refractivity contribution is -0.117. The van der Waals surface area contributed by atoms with Crippen molar-refractivity contribution in [1.29, 1.82) is 0 Å². The Morgan fingerprint density at radius 1 is 1.25 bits per heavy atom. The van der Waals surface area contributed by atoms with Crippen molar-refractivity contribution in [2.24, 2.45) is 17.8 Å². The Labute approximate surface area is 125 Å². The Balaban J connectivity index is 1.63. The normalized spacial score (nSPS) is 27.9. The molecule has 1 aromatic carbocycles. The van der Waals surface area contributed by atoms with E-state index in [1.807, 2.05) is 0 Å². The number of halogens is 3. The fraction of sp³-hybridized carbons (Fsp3) is 0.533. The molecule has 1 aromatic rings. The quantitative estimate of drug-likeness (QED) is 0.804. The maximum Gasteiger partial charge on any atom is 0.224 e. The number of carbonyl (C=O) groups is 1. The van der Waals surface area contributed by atoms with Crippen LogP contribution in [0.2, 0.25) is 0 Å². The van der Waals surface area contributed by atoms with Gasteiger partial charge in [0.1, 0.15) is 11.6 Å². The molecule has 2 aliphatic rings. The number of hydrogen-bond donors (Lipinski definition) is 1. The van der Waals surface area contributed by atoms with E-state index in [0.29, 0.717) is 18.3 Å². The fourth-order valence-corrected chi connectivity index (χ4v) is 4.00. The molecular weight excluding hydrogens is 328 g/mol. The van der Waals surface area contributed by atoms with Crippen LogP contribution in [0.3, 0.4) is 0 Å². The molecule has 2 nitrogen and oxygen atoms in total. The molecule has 2 fully saturated rings. The minimum Gasteiger partial charge on any atom is -0.324 e. The summed E-state index contributed by atoms with van der Waals surface area (Å²) in [5, 5.41) is 2.49. The highest BCUT2D eigenvalue weighted by atomic mass is 79.9. The zero-order chi connectivity index (χ0) is 14.3. The van der Waals surface area contributed by atoms with Gasteiger partial charge >= 0.3 is 0 Å². The molecule has 0 spiro atoms. The van der Waals surface area contributed by atoms with Crippen LogP contribution in [0.1, 0.15) is 32.1 Å². The van der Waals surface area contributed by atoms with Gasteiger partial charge in [-0.15, -0.1) is 0 Å². The fourth-order valence-electron chi connectivity index (χ4n) is 3.68. The third-order valence-corrected chi connectivity index (χ3v) is 5.22. The van der Waals surface area contributed by atoms with Crippen LogP contribution >= 0.6 is 15.9 Å². The molecule has 108 valence electrons. The van der Waals surface area contributed by atoms with Crippen molar-refractivity contribution < 1.29 is 13.6 Å². The Morgan fingerprint density at radius 2 is 2.05 bits per heavy atom. The second-order valence-electron chi connectivity index (χ2n) is 5.93. The first kappa shape index (κ1) is 14.0. The van der Waals surface area contributed by atoms with Crippen molar-refractivity contribution in [3.05, 3.63) is 28.2 Å². The van der Waals surface area contributed by atoms with Crippen molar-refractivity contribution in [3.63, 3.8) is 0 Å². The Kier molecular flexibility index (Phi) is 3.80. The summed E-state index contributed by atoms with van der Waals surface area (Å²) in [6, 6.07) is 2.04. The lowest BCUT2D eigenvalue weighted by Gasteiger charge is -2.21. The maximum absolute atomic E-state index is 13.6. The highest BCUT2D eigenvalue weighted by Gasteiger charge is 2.40. The monoisotopic (exact) mass is 343 g/mol. The summed E-state index contributed by atoms with van der Waals surface area (Å²) in [5.74, 6) is 0.415. The van der Waals surface area contributed by atoms with Gasteiger partial charge in [0.15, 0.2) is 0 Å². The number of hydrogen-bond acceptors (Lipinski definition) is 1. The molecule has 3 unspecified atom stereocenters. The molecule has 0 saturated heterocycles. The van der Waals surface area contributed by atoms with Crippen molar-refractivity contribution in [2.75, 3.05) is 5.32 Å². The zero-order valence-electron chi connectivity index (χ0n) is 11.0. The van der Waals surface area contributed by atoms with Crippen LogP contribution in [0.15, 0.2) is 16.6 Å². The molecule has 2 bridgehead atoms. The van der Waals surface area contributed by atoms with E-state index < -0.39 is 11.6 Å². The van der Waals surface area contributed by atoms with E-state index in [-0.39, 0.29) is 16.1 Å². The number of benzene rings is 1. The van der Waals surface area contributed by atoms with Gasteiger partial charge in [0.25, 0.3) is 0 Å². The van der Waals surface area contributed by atoms with Crippen molar-refractivity contribution in [1.82, 2.24) is 0 Å². The average Bonchev–Trinajstić information content (AvgIpc) is 2.98. The van der Waals surface area contributed by atoms with E-state index in [0.717, 1.165) is 24.5 Å². The Morgan fingerprint density at radius 3 is 2.70 bits per heavy atom. The molecule has 3 rings (SSSR count). The van der Waals surface area contributed by atoms with Crippen LogP contribution < -0.4 is 5.32 Å². The van der Waals surface area contributed by atoms with Crippen LogP contribution in [-0.2, 0) is 4.79 Å². The second-order valence-corrected chi connectivity index (χ2v) is 6.79. The predicted octanol–water partition coefficient (Wildman–Crippen LogP) is 4.49. The first-order valence-corrected chi connectivity index (χ1v) is 7.76. The van der Waals surface area contributed by atoms with Gasteiger partial charge in [0.2, 0.25) is 5.91 Å². The summed E-state index contributed by atoms with van der Waals surface area (Å²) in [6.45, 7) is 0. The molecule has 1 amide bonds. The first-order chi connectivity index (χ1) is 9.52. The van der Waals surface area contributed by atoms with Crippen molar-refractivity contribution >= 4 is 27.5 Å². The molecule has 2 saturated carbocycles. The molecule has 20 heavy (non-hydrogen) atoms. The van der Waals surface area contributed by atoms with Crippen LogP contribution in [0.5, 0.6) is 0 Å². The summed E-state index contributed by atoms with van der Waals surface area (Å²) < 4.78 is 27.1. The number of rotatable bonds is 3. The molecule has 0 aliphatic heterocycles. The minimum absolute atomic E-state index is 0.0566. The number of nitrogens with one attached hydrogen (secondary N) is 1. The predicted molar refractivity (Wildman–Crippen MR) is 76.2 cm³/mol. The third-order valence-electron chi connectivity index (χ3n) is 4.62. The topological polar surface area (TPSA) is 29.1 Å². The Bertz CT molecular complexity index is 549. The molecule has 2 aliphatic carbocycles. The molecule has 1 N–H and O–H groups in total. The standard InChI is InChI=1S/C15H16BrF2NO/c16-11-6-13(18)14(7-12(11)17)19-15(20)5-10-4-8-1-2-9(10)3-8/h6-10H,1-5H2,(H,19,20). The van der Waals surface area contributed by atoms with Crippen molar-refractivity contribution in [2.45, 2.75) is 32.1 Å². The highest BCUT2D eigenvalue weighted by Crippen LogP contribution is 2.49. The van der Waals surface area contributed by atoms with Gasteiger partial charge in [-0.1, -0.05) is 6.42 Å². The van der Waals surface area contributed by atoms with Gasteiger partial charge in [-0.25, -0.2) is 8.78 Å². The van der Waals surface area contributed by atoms with Crippen LogP contribution in [0.4, 0.5) is 14.5 Å². The van der Waals surface area contributed by atoms with Gasteiger partial charge in [-0.05, 0) is 59.0 Å². The summed E-state index contributed by atoms with van der Waals surface area (Å²) in [5.41, 5.74) is -0.0844. The van der Waals surface area contributed by atoms with Gasteiger partial charge in [-0.2, -0.15) is 0 Å². The highest BCUT2D eigenvalue weighted by molar-refractivity contribution is 9.10. The molecule has 0 heterocycles. The third kappa shape index (κ3) is 2.73. The van der Waals surface area contributed by atoms with E-state index in [1.54, 1.807) is 0 Å². The number of fused-ring (bicyclic) bond motifs is 2. The average molecular weight is 344 g/mol. The molecule has 0 radical (unpaired) electrons. The summed E-state index contributed by atoms with van der Waals surface area (Å²) in [6.07, 6.45) is 5.26. The summed E-state index contributed by atoms with van der Waals surface area (Å²) >= 11 is 2.91. The number of carbonyl (C=O) groups excluding carboxylic acids is 1. The van der Waals surface area contributed by atoms with E-state index in [2.05, 4.69) is 21.2 Å². The van der Waals surface area contributed by atoms with E-state index in [9.17, 15) is 13.6 Å². The second kappa shape index (κ2) is 5.43. The maximum atomic E-state index is 13.6. The molecule has 0 aromatic heterocycles. The largest absolute Gasteiger partial charge is 0.324 e. The smallest absolute Gasteiger partial charge is 0.224 e. The summed E-state index contributed by atoms with van der Waals surface area (Å²) in [7, 11) is 0. The van der Waals surface area contributed by atoms with Crippen LogP contribution in [-0.4, -0.2) is 5.91 Å². The molecular formula is C15H16BrF2NO. The SMILES string of the molecule is O=C(CC1CC2CCC1C2)Nc1cc(F)c(Br)cc1F. The minimum atomic E-state index is -0.625. The van der Waals surface area contributed by atoms with E-state index >= 15 is 0 Å². The van der Waals surface area contributed by atoms with Gasteiger partial charge < -0.3 is 5.32 Å². The van der Waals surface area contributed by atoms with Crippen LogP contribution in [0.25, 0.3) is 0 Å². The zero-order valence-corrected chi connectivity index (χ0v) is 12.6. The van der Waals surface area contributed by atoms with Gasteiger partial charge in [0.05, 0.1) is 10.2 Å². The lowest BCUT2D eigenvalue weighted by atomic mass is 9.86. The molecule has 5 heteroatoms. The van der Waals surface area contributed by atoms with Gasteiger partial charge in [-0.3, -0.25) is 4.79 Å².